The van der Waals surface area contributed by atoms with Gasteiger partial charge in [-0.3, -0.25) is 4.98 Å². The summed E-state index contributed by atoms with van der Waals surface area (Å²) in [4.78, 5) is 8.65. The summed E-state index contributed by atoms with van der Waals surface area (Å²) in [6.07, 6.45) is 9.70. The van der Waals surface area contributed by atoms with Crippen LogP contribution < -0.4 is 10.1 Å². The highest BCUT2D eigenvalue weighted by Crippen LogP contribution is 2.08. The van der Waals surface area contributed by atoms with Gasteiger partial charge in [0.15, 0.2) is 0 Å². The predicted molar refractivity (Wildman–Crippen MR) is 82.9 cm³/mol. The lowest BCUT2D eigenvalue weighted by Gasteiger charge is -2.19. The highest BCUT2D eigenvalue weighted by Gasteiger charge is 2.09. The molecule has 0 aromatic carbocycles. The largest absolute Gasteiger partial charge is 0.477 e. The van der Waals surface area contributed by atoms with Gasteiger partial charge in [0.05, 0.1) is 24.7 Å². The van der Waals surface area contributed by atoms with E-state index in [0.717, 1.165) is 25.3 Å². The molecule has 1 heterocycles. The van der Waals surface area contributed by atoms with Gasteiger partial charge in [-0.1, -0.05) is 32.6 Å². The standard InChI is InChI=1S/C16H29N3O/c1-5-6-7-8-9-10-20-15-13-17-14(11-18-15)12-19-16(2,3)4/h11,13,19H,5-10,12H2,1-4H3. The van der Waals surface area contributed by atoms with Gasteiger partial charge in [0, 0.05) is 12.1 Å². The quantitative estimate of drug-likeness (QED) is 0.700. The van der Waals surface area contributed by atoms with Gasteiger partial charge in [-0.15, -0.1) is 0 Å². The lowest BCUT2D eigenvalue weighted by Crippen LogP contribution is -2.35. The van der Waals surface area contributed by atoms with Crippen molar-refractivity contribution in [2.75, 3.05) is 6.61 Å². The number of rotatable bonds is 9. The van der Waals surface area contributed by atoms with Crippen molar-refractivity contribution >= 4 is 0 Å². The zero-order chi connectivity index (χ0) is 14.8. The summed E-state index contributed by atoms with van der Waals surface area (Å²) in [6.45, 7) is 10.1. The molecule has 1 aromatic rings. The van der Waals surface area contributed by atoms with Crippen LogP contribution in [-0.2, 0) is 6.54 Å². The fourth-order valence-corrected chi connectivity index (χ4v) is 1.75. The van der Waals surface area contributed by atoms with Gasteiger partial charge in [-0.2, -0.15) is 0 Å². The van der Waals surface area contributed by atoms with E-state index >= 15 is 0 Å². The fraction of sp³-hybridized carbons (Fsp3) is 0.750. The Hall–Kier alpha value is -1.16. The van der Waals surface area contributed by atoms with Crippen LogP contribution in [0.2, 0.25) is 0 Å². The molecule has 0 fully saturated rings. The molecule has 1 aromatic heterocycles. The van der Waals surface area contributed by atoms with Crippen LogP contribution in [0, 0.1) is 0 Å². The molecule has 0 aliphatic carbocycles. The zero-order valence-electron chi connectivity index (χ0n) is 13.4. The molecular weight excluding hydrogens is 250 g/mol. The molecule has 0 spiro atoms. The van der Waals surface area contributed by atoms with E-state index in [1.807, 2.05) is 0 Å². The van der Waals surface area contributed by atoms with Crippen LogP contribution in [0.15, 0.2) is 12.4 Å². The Labute approximate surface area is 123 Å². The van der Waals surface area contributed by atoms with Gasteiger partial charge in [0.1, 0.15) is 0 Å². The lowest BCUT2D eigenvalue weighted by molar-refractivity contribution is 0.291. The highest BCUT2D eigenvalue weighted by atomic mass is 16.5. The van der Waals surface area contributed by atoms with E-state index in [-0.39, 0.29) is 5.54 Å². The Balaban J connectivity index is 2.21. The van der Waals surface area contributed by atoms with Gasteiger partial charge in [0.2, 0.25) is 5.88 Å². The second-order valence-corrected chi connectivity index (χ2v) is 6.21. The molecule has 20 heavy (non-hydrogen) atoms. The molecule has 0 radical (unpaired) electrons. The molecule has 0 aliphatic rings. The summed E-state index contributed by atoms with van der Waals surface area (Å²) in [6, 6.07) is 0. The minimum atomic E-state index is 0.0926. The average molecular weight is 279 g/mol. The molecule has 4 nitrogen and oxygen atoms in total. The normalized spacial score (nSPS) is 11.6. The van der Waals surface area contributed by atoms with Crippen LogP contribution in [0.4, 0.5) is 0 Å². The van der Waals surface area contributed by atoms with Gasteiger partial charge >= 0.3 is 0 Å². The molecule has 1 rings (SSSR count). The first-order valence-electron chi connectivity index (χ1n) is 7.70. The third kappa shape index (κ3) is 8.10. The minimum absolute atomic E-state index is 0.0926. The number of nitrogens with zero attached hydrogens (tertiary/aromatic N) is 2. The van der Waals surface area contributed by atoms with Crippen molar-refractivity contribution in [3.8, 4) is 5.88 Å². The first kappa shape index (κ1) is 16.9. The molecule has 0 amide bonds. The van der Waals surface area contributed by atoms with Gasteiger partial charge in [-0.05, 0) is 27.2 Å². The van der Waals surface area contributed by atoms with Crippen LogP contribution in [0.1, 0.15) is 65.5 Å². The van der Waals surface area contributed by atoms with Crippen LogP contribution in [0.3, 0.4) is 0 Å². The maximum atomic E-state index is 5.59. The van der Waals surface area contributed by atoms with Crippen molar-refractivity contribution in [2.24, 2.45) is 0 Å². The van der Waals surface area contributed by atoms with Crippen molar-refractivity contribution < 1.29 is 4.74 Å². The second-order valence-electron chi connectivity index (χ2n) is 6.21. The molecule has 1 N–H and O–H groups in total. The van der Waals surface area contributed by atoms with E-state index in [4.69, 9.17) is 4.74 Å². The number of aromatic nitrogens is 2. The average Bonchev–Trinajstić information content (AvgIpc) is 2.41. The molecule has 0 saturated carbocycles. The summed E-state index contributed by atoms with van der Waals surface area (Å²) < 4.78 is 5.59. The first-order valence-corrected chi connectivity index (χ1v) is 7.70. The van der Waals surface area contributed by atoms with Crippen molar-refractivity contribution in [3.05, 3.63) is 18.1 Å². The molecular formula is C16H29N3O. The molecule has 4 heteroatoms. The Bertz CT molecular complexity index is 357. The van der Waals surface area contributed by atoms with Crippen molar-refractivity contribution in [3.63, 3.8) is 0 Å². The Kier molecular flexibility index (Phi) is 7.52. The SMILES string of the molecule is CCCCCCCOc1cnc(CNC(C)(C)C)cn1. The third-order valence-electron chi connectivity index (χ3n) is 2.98. The van der Waals surface area contributed by atoms with Gasteiger partial charge in [0.25, 0.3) is 0 Å². The van der Waals surface area contributed by atoms with E-state index < -0.39 is 0 Å². The van der Waals surface area contributed by atoms with E-state index in [2.05, 4.69) is 43.0 Å². The monoisotopic (exact) mass is 279 g/mol. The molecule has 0 unspecified atom stereocenters. The van der Waals surface area contributed by atoms with Gasteiger partial charge < -0.3 is 10.1 Å². The first-order chi connectivity index (χ1) is 9.51. The molecule has 114 valence electrons. The maximum absolute atomic E-state index is 5.59. The fourth-order valence-electron chi connectivity index (χ4n) is 1.75. The second kappa shape index (κ2) is 8.90. The summed E-state index contributed by atoms with van der Waals surface area (Å²) in [5.74, 6) is 0.625. The van der Waals surface area contributed by atoms with Crippen LogP contribution in [-0.4, -0.2) is 22.1 Å². The number of hydrogen-bond donors (Lipinski definition) is 1. The smallest absolute Gasteiger partial charge is 0.232 e. The lowest BCUT2D eigenvalue weighted by atomic mass is 10.1. The summed E-state index contributed by atoms with van der Waals surface area (Å²) in [5, 5.41) is 3.39. The number of hydrogen-bond acceptors (Lipinski definition) is 4. The Morgan fingerprint density at radius 2 is 1.80 bits per heavy atom. The van der Waals surface area contributed by atoms with Crippen molar-refractivity contribution in [1.29, 1.82) is 0 Å². The number of unbranched alkanes of at least 4 members (excludes halogenated alkanes) is 4. The molecule has 0 atom stereocenters. The van der Waals surface area contributed by atoms with Gasteiger partial charge in [-0.25, -0.2) is 4.98 Å². The van der Waals surface area contributed by atoms with E-state index in [1.54, 1.807) is 12.4 Å². The molecule has 0 bridgehead atoms. The minimum Gasteiger partial charge on any atom is -0.477 e. The predicted octanol–water partition coefficient (Wildman–Crippen LogP) is 3.71. The van der Waals surface area contributed by atoms with E-state index in [0.29, 0.717) is 5.88 Å². The third-order valence-corrected chi connectivity index (χ3v) is 2.98. The zero-order valence-corrected chi connectivity index (χ0v) is 13.4. The molecule has 0 saturated heterocycles. The topological polar surface area (TPSA) is 47.0 Å². The maximum Gasteiger partial charge on any atom is 0.232 e. The van der Waals surface area contributed by atoms with E-state index in [1.165, 1.54) is 25.7 Å². The van der Waals surface area contributed by atoms with E-state index in [9.17, 15) is 0 Å². The van der Waals surface area contributed by atoms with Crippen molar-refractivity contribution in [1.82, 2.24) is 15.3 Å². The van der Waals surface area contributed by atoms with Crippen molar-refractivity contribution in [2.45, 2.75) is 71.9 Å². The van der Waals surface area contributed by atoms with Crippen LogP contribution in [0.25, 0.3) is 0 Å². The summed E-state index contributed by atoms with van der Waals surface area (Å²) in [7, 11) is 0. The Morgan fingerprint density at radius 1 is 1.05 bits per heavy atom. The highest BCUT2D eigenvalue weighted by molar-refractivity contribution is 5.07. The summed E-state index contributed by atoms with van der Waals surface area (Å²) in [5.41, 5.74) is 1.03. The van der Waals surface area contributed by atoms with Crippen LogP contribution in [0.5, 0.6) is 5.88 Å². The van der Waals surface area contributed by atoms with Crippen LogP contribution >= 0.6 is 0 Å². The number of nitrogens with one attached hydrogen (secondary N) is 1. The number of ether oxygens (including phenoxy) is 1. The summed E-state index contributed by atoms with van der Waals surface area (Å²) >= 11 is 0. The molecule has 0 aliphatic heterocycles. The Morgan fingerprint density at radius 3 is 2.40 bits per heavy atom.